The zero-order valence-electron chi connectivity index (χ0n) is 15.0. The molecule has 4 rings (SSSR count). The van der Waals surface area contributed by atoms with E-state index in [1.54, 1.807) is 4.68 Å². The van der Waals surface area contributed by atoms with Crippen LogP contribution in [0, 0.1) is 6.92 Å². The van der Waals surface area contributed by atoms with Gasteiger partial charge < -0.3 is 10.2 Å². The maximum atomic E-state index is 12.7. The number of fused-ring (bicyclic) bond motifs is 1. The summed E-state index contributed by atoms with van der Waals surface area (Å²) in [6.45, 7) is 3.67. The molecule has 134 valence electrons. The number of hydrogen-bond donors (Lipinski definition) is 1. The summed E-state index contributed by atoms with van der Waals surface area (Å²) in [7, 11) is 1.91. The maximum Gasteiger partial charge on any atom is 0.244 e. The van der Waals surface area contributed by atoms with Crippen molar-refractivity contribution in [3.8, 4) is 0 Å². The van der Waals surface area contributed by atoms with E-state index in [1.807, 2.05) is 49.2 Å². The Kier molecular flexibility index (Phi) is 4.28. The van der Waals surface area contributed by atoms with Crippen LogP contribution in [0.4, 0.5) is 5.69 Å². The lowest BCUT2D eigenvalue weighted by molar-refractivity contribution is -0.130. The molecule has 0 bridgehead atoms. The normalized spacial score (nSPS) is 17.0. The first-order chi connectivity index (χ1) is 12.6. The van der Waals surface area contributed by atoms with Crippen molar-refractivity contribution in [1.29, 1.82) is 0 Å². The van der Waals surface area contributed by atoms with Gasteiger partial charge in [-0.05, 0) is 37.6 Å². The zero-order chi connectivity index (χ0) is 18.1. The summed E-state index contributed by atoms with van der Waals surface area (Å²) in [6.07, 6.45) is 0.934. The number of carbonyl (C=O) groups is 1. The van der Waals surface area contributed by atoms with Gasteiger partial charge in [0.05, 0.1) is 5.52 Å². The van der Waals surface area contributed by atoms with E-state index in [1.165, 1.54) is 0 Å². The van der Waals surface area contributed by atoms with Gasteiger partial charge in [0, 0.05) is 43.1 Å². The van der Waals surface area contributed by atoms with Crippen LogP contribution in [0.3, 0.4) is 0 Å². The Morgan fingerprint density at radius 3 is 3.00 bits per heavy atom. The van der Waals surface area contributed by atoms with Crippen molar-refractivity contribution in [2.45, 2.75) is 25.8 Å². The number of anilines is 1. The average molecular weight is 350 g/mol. The van der Waals surface area contributed by atoms with Crippen LogP contribution in [-0.4, -0.2) is 50.9 Å². The highest BCUT2D eigenvalue weighted by Gasteiger charge is 2.29. The molecule has 1 aliphatic heterocycles. The van der Waals surface area contributed by atoms with Gasteiger partial charge in [-0.25, -0.2) is 4.68 Å². The number of benzene rings is 1. The largest absolute Gasteiger partial charge is 0.388 e. The molecule has 1 aromatic carbocycles. The minimum Gasteiger partial charge on any atom is -0.388 e. The number of amides is 1. The van der Waals surface area contributed by atoms with Crippen LogP contribution in [0.2, 0.25) is 0 Å². The summed E-state index contributed by atoms with van der Waals surface area (Å²) < 4.78 is 1.68. The number of likely N-dealkylation sites (tertiary alicyclic amines) is 1. The molecule has 7 heteroatoms. The minimum absolute atomic E-state index is 0.0737. The fraction of sp³-hybridized carbons (Fsp3) is 0.368. The predicted octanol–water partition coefficient (Wildman–Crippen LogP) is 2.19. The molecule has 1 N–H and O–H groups in total. The highest BCUT2D eigenvalue weighted by molar-refractivity contribution is 5.80. The number of nitrogens with one attached hydrogen (secondary N) is 1. The molecule has 0 spiro atoms. The second kappa shape index (κ2) is 6.74. The first kappa shape index (κ1) is 16.5. The molecule has 0 unspecified atom stereocenters. The van der Waals surface area contributed by atoms with Crippen LogP contribution < -0.4 is 5.32 Å². The molecule has 0 saturated carbocycles. The van der Waals surface area contributed by atoms with Gasteiger partial charge in [0.1, 0.15) is 12.1 Å². The van der Waals surface area contributed by atoms with E-state index in [-0.39, 0.29) is 18.4 Å². The van der Waals surface area contributed by atoms with Crippen molar-refractivity contribution in [1.82, 2.24) is 24.9 Å². The van der Waals surface area contributed by atoms with Crippen LogP contribution in [0.1, 0.15) is 23.7 Å². The van der Waals surface area contributed by atoms with Gasteiger partial charge in [0.15, 0.2) is 0 Å². The van der Waals surface area contributed by atoms with E-state index >= 15 is 0 Å². The molecule has 1 saturated heterocycles. The first-order valence-corrected chi connectivity index (χ1v) is 8.86. The first-order valence-electron chi connectivity index (χ1n) is 8.86. The topological polar surface area (TPSA) is 75.9 Å². The van der Waals surface area contributed by atoms with E-state index in [9.17, 15) is 4.79 Å². The Morgan fingerprint density at radius 2 is 2.15 bits per heavy atom. The molecular formula is C19H22N6O. The molecule has 1 amide bonds. The fourth-order valence-corrected chi connectivity index (χ4v) is 3.54. The van der Waals surface area contributed by atoms with E-state index in [0.29, 0.717) is 6.54 Å². The molecule has 0 radical (unpaired) electrons. The third-order valence-corrected chi connectivity index (χ3v) is 4.93. The summed E-state index contributed by atoms with van der Waals surface area (Å²) in [5, 5.41) is 11.4. The highest BCUT2D eigenvalue weighted by atomic mass is 16.2. The SMILES string of the molecule is CNc1cc(C)nc([C@@H]2CCN(C(=O)Cn3nnc4ccccc43)C2)c1. The quantitative estimate of drug-likeness (QED) is 0.781. The summed E-state index contributed by atoms with van der Waals surface area (Å²) >= 11 is 0. The van der Waals surface area contributed by atoms with Crippen LogP contribution in [0.25, 0.3) is 11.0 Å². The molecule has 1 atom stereocenters. The van der Waals surface area contributed by atoms with Gasteiger partial charge in [-0.2, -0.15) is 0 Å². The highest BCUT2D eigenvalue weighted by Crippen LogP contribution is 2.28. The van der Waals surface area contributed by atoms with Crippen LogP contribution in [-0.2, 0) is 11.3 Å². The molecule has 1 fully saturated rings. The van der Waals surface area contributed by atoms with E-state index in [4.69, 9.17) is 0 Å². The second-order valence-electron chi connectivity index (χ2n) is 6.73. The lowest BCUT2D eigenvalue weighted by Crippen LogP contribution is -2.32. The lowest BCUT2D eigenvalue weighted by Gasteiger charge is -2.17. The van der Waals surface area contributed by atoms with E-state index in [2.05, 4.69) is 26.7 Å². The van der Waals surface area contributed by atoms with Crippen molar-refractivity contribution in [3.05, 3.63) is 47.8 Å². The van der Waals surface area contributed by atoms with Gasteiger partial charge >= 0.3 is 0 Å². The Labute approximate surface area is 152 Å². The lowest BCUT2D eigenvalue weighted by atomic mass is 10.0. The monoisotopic (exact) mass is 350 g/mol. The molecule has 2 aromatic heterocycles. The van der Waals surface area contributed by atoms with Gasteiger partial charge in [-0.15, -0.1) is 5.10 Å². The number of hydrogen-bond acceptors (Lipinski definition) is 5. The summed E-state index contributed by atoms with van der Waals surface area (Å²) in [5.41, 5.74) is 4.80. The summed E-state index contributed by atoms with van der Waals surface area (Å²) in [4.78, 5) is 19.3. The van der Waals surface area contributed by atoms with Crippen molar-refractivity contribution in [2.24, 2.45) is 0 Å². The van der Waals surface area contributed by atoms with Crippen LogP contribution >= 0.6 is 0 Å². The summed E-state index contributed by atoms with van der Waals surface area (Å²) in [6, 6.07) is 11.8. The standard InChI is InChI=1S/C19H22N6O/c1-13-9-15(20-2)10-17(21-13)14-7-8-24(11-14)19(26)12-25-18-6-4-3-5-16(18)22-23-25/h3-6,9-10,14H,7-8,11-12H2,1-2H3,(H,20,21)/t14-/m1/s1. The van der Waals surface area contributed by atoms with Gasteiger partial charge in [0.25, 0.3) is 0 Å². The predicted molar refractivity (Wildman–Crippen MR) is 100.0 cm³/mol. The number of para-hydroxylation sites is 1. The fourth-order valence-electron chi connectivity index (χ4n) is 3.54. The molecule has 3 aromatic rings. The van der Waals surface area contributed by atoms with E-state index < -0.39 is 0 Å². The van der Waals surface area contributed by atoms with Gasteiger partial charge in [-0.1, -0.05) is 17.3 Å². The molecule has 3 heterocycles. The number of aromatic nitrogens is 4. The average Bonchev–Trinajstić information content (AvgIpc) is 3.29. The van der Waals surface area contributed by atoms with E-state index in [0.717, 1.165) is 41.1 Å². The minimum atomic E-state index is 0.0737. The number of nitrogens with zero attached hydrogens (tertiary/aromatic N) is 5. The van der Waals surface area contributed by atoms with Crippen molar-refractivity contribution >= 4 is 22.6 Å². The third-order valence-electron chi connectivity index (χ3n) is 4.93. The zero-order valence-corrected chi connectivity index (χ0v) is 15.0. The van der Waals surface area contributed by atoms with Crippen molar-refractivity contribution in [3.63, 3.8) is 0 Å². The van der Waals surface area contributed by atoms with Crippen molar-refractivity contribution < 1.29 is 4.79 Å². The molecule has 1 aliphatic rings. The Hall–Kier alpha value is -2.96. The van der Waals surface area contributed by atoms with Crippen LogP contribution in [0.5, 0.6) is 0 Å². The molecule has 26 heavy (non-hydrogen) atoms. The molecular weight excluding hydrogens is 328 g/mol. The Bertz CT molecular complexity index is 950. The smallest absolute Gasteiger partial charge is 0.244 e. The third kappa shape index (κ3) is 3.12. The van der Waals surface area contributed by atoms with Gasteiger partial charge in [-0.3, -0.25) is 9.78 Å². The summed E-state index contributed by atoms with van der Waals surface area (Å²) in [5.74, 6) is 0.350. The number of rotatable bonds is 4. The number of carbonyl (C=O) groups excluding carboxylic acids is 1. The van der Waals surface area contributed by atoms with Gasteiger partial charge in [0.2, 0.25) is 5.91 Å². The Morgan fingerprint density at radius 1 is 1.31 bits per heavy atom. The second-order valence-corrected chi connectivity index (χ2v) is 6.73. The van der Waals surface area contributed by atoms with Crippen LogP contribution in [0.15, 0.2) is 36.4 Å². The number of aryl methyl sites for hydroxylation is 1. The number of pyridine rings is 1. The molecule has 7 nitrogen and oxygen atoms in total. The maximum absolute atomic E-state index is 12.7. The molecule has 0 aliphatic carbocycles. The van der Waals surface area contributed by atoms with Crippen molar-refractivity contribution in [2.75, 3.05) is 25.5 Å². The Balaban J connectivity index is 1.46.